The first-order valence-corrected chi connectivity index (χ1v) is 13.4. The number of amides is 2. The molecule has 0 aromatic carbocycles. The molecule has 3 aliphatic rings. The molecule has 2 aromatic heterocycles. The molecule has 4 atom stereocenters. The molecule has 4 heterocycles. The smallest absolute Gasteiger partial charge is 0.262 e. The Balaban J connectivity index is 1.38. The van der Waals surface area contributed by atoms with Crippen LogP contribution in [-0.2, 0) is 14.3 Å². The van der Waals surface area contributed by atoms with Gasteiger partial charge in [-0.3, -0.25) is 14.4 Å². The van der Waals surface area contributed by atoms with Gasteiger partial charge in [0, 0.05) is 17.0 Å². The Labute approximate surface area is 213 Å². The third kappa shape index (κ3) is 4.73. The Hall–Kier alpha value is -2.36. The van der Waals surface area contributed by atoms with Gasteiger partial charge in [0.2, 0.25) is 5.91 Å². The van der Waals surface area contributed by atoms with Crippen LogP contribution in [0.25, 0.3) is 10.4 Å². The highest BCUT2D eigenvalue weighted by molar-refractivity contribution is 7.17. The molecule has 3 fully saturated rings. The lowest BCUT2D eigenvalue weighted by Gasteiger charge is -2.34. The van der Waals surface area contributed by atoms with Crippen molar-refractivity contribution < 1.29 is 19.1 Å². The Morgan fingerprint density at radius 2 is 1.97 bits per heavy atom. The number of hydrogen-bond donors (Lipinski definition) is 1. The number of halogens is 1. The summed E-state index contributed by atoms with van der Waals surface area (Å²) in [6, 6.07) is 4.28. The maximum atomic E-state index is 13.8. The van der Waals surface area contributed by atoms with Gasteiger partial charge in [0.1, 0.15) is 24.8 Å². The molecular formula is C25H29ClN4O4S. The second-order valence-electron chi connectivity index (χ2n) is 9.69. The molecular weight excluding hydrogens is 488 g/mol. The summed E-state index contributed by atoms with van der Waals surface area (Å²) in [5.74, 6) is -0.614. The molecule has 0 spiro atoms. The molecule has 1 aliphatic carbocycles. The van der Waals surface area contributed by atoms with Gasteiger partial charge in [-0.2, -0.15) is 10.2 Å². The van der Waals surface area contributed by atoms with Crippen molar-refractivity contribution in [3.05, 3.63) is 34.5 Å². The zero-order chi connectivity index (χ0) is 24.7. The zero-order valence-electron chi connectivity index (χ0n) is 19.8. The first-order valence-electron chi connectivity index (χ1n) is 12.1. The van der Waals surface area contributed by atoms with Gasteiger partial charge in [-0.15, -0.1) is 22.9 Å². The number of ketones is 1. The third-order valence-corrected chi connectivity index (χ3v) is 8.78. The number of thiophene rings is 1. The first-order chi connectivity index (χ1) is 16.8. The van der Waals surface area contributed by atoms with Crippen molar-refractivity contribution in [1.29, 1.82) is 0 Å². The number of carbonyl (C=O) groups excluding carboxylic acids is 3. The van der Waals surface area contributed by atoms with Gasteiger partial charge in [-0.25, -0.2) is 0 Å². The van der Waals surface area contributed by atoms with Crippen LogP contribution in [0.2, 0.25) is 0 Å². The molecule has 10 heteroatoms. The van der Waals surface area contributed by atoms with E-state index < -0.39 is 23.6 Å². The summed E-state index contributed by atoms with van der Waals surface area (Å²) in [6.45, 7) is 3.99. The van der Waals surface area contributed by atoms with E-state index in [0.29, 0.717) is 4.88 Å². The van der Waals surface area contributed by atoms with E-state index in [1.807, 2.05) is 26.0 Å². The molecule has 1 N–H and O–H groups in total. The molecule has 2 aromatic rings. The number of aromatic nitrogens is 2. The number of hydrogen-bond acceptors (Lipinski definition) is 7. The predicted octanol–water partition coefficient (Wildman–Crippen LogP) is 3.29. The van der Waals surface area contributed by atoms with E-state index in [0.717, 1.165) is 53.9 Å². The number of rotatable bonds is 5. The van der Waals surface area contributed by atoms with E-state index in [9.17, 15) is 14.4 Å². The Morgan fingerprint density at radius 1 is 1.20 bits per heavy atom. The van der Waals surface area contributed by atoms with Crippen LogP contribution >= 0.6 is 22.9 Å². The molecule has 0 bridgehead atoms. The Morgan fingerprint density at radius 3 is 2.74 bits per heavy atom. The van der Waals surface area contributed by atoms with Gasteiger partial charge in [-0.05, 0) is 50.8 Å². The number of Topliss-reactive ketones (excluding diaryl/α,β-unsaturated/α-hetero) is 1. The topological polar surface area (TPSA) is 101 Å². The summed E-state index contributed by atoms with van der Waals surface area (Å²) >= 11 is 7.79. The molecule has 2 amide bonds. The van der Waals surface area contributed by atoms with E-state index in [-0.39, 0.29) is 36.7 Å². The summed E-state index contributed by atoms with van der Waals surface area (Å²) in [6.07, 6.45) is 4.43. The summed E-state index contributed by atoms with van der Waals surface area (Å²) in [5, 5.41) is 10.9. The largest absolute Gasteiger partial charge is 0.366 e. The van der Waals surface area contributed by atoms with Crippen LogP contribution in [0.3, 0.4) is 0 Å². The minimum Gasteiger partial charge on any atom is -0.366 e. The van der Waals surface area contributed by atoms with Crippen molar-refractivity contribution in [1.82, 2.24) is 20.4 Å². The number of nitrogens with zero attached hydrogens (tertiary/aromatic N) is 3. The number of carbonyl (C=O) groups is 3. The van der Waals surface area contributed by atoms with Gasteiger partial charge < -0.3 is 15.0 Å². The predicted molar refractivity (Wildman–Crippen MR) is 133 cm³/mol. The number of likely N-dealkylation sites (tertiary alicyclic amines) is 1. The highest BCUT2D eigenvalue weighted by atomic mass is 35.5. The minimum atomic E-state index is -0.698. The summed E-state index contributed by atoms with van der Waals surface area (Å²) in [7, 11) is 0. The van der Waals surface area contributed by atoms with E-state index >= 15 is 0 Å². The van der Waals surface area contributed by atoms with Crippen molar-refractivity contribution in [2.45, 2.75) is 69.5 Å². The molecule has 0 radical (unpaired) electrons. The van der Waals surface area contributed by atoms with Crippen molar-refractivity contribution in [2.24, 2.45) is 5.92 Å². The van der Waals surface area contributed by atoms with Crippen LogP contribution in [0.15, 0.2) is 18.2 Å². The second-order valence-corrected chi connectivity index (χ2v) is 11.3. The standard InChI is InChI=1S/C25H29ClN4O4S/c1-13-10-16(14(2)29-28-13)19-8-9-20(35-19)24(32)27-21(15-6-4-3-5-7-15)25(33)30-11-17(26)23-22(30)18(31)12-34-23/h8-10,15,17,21-23H,3-7,11-12H2,1-2H3,(H,27,32)/t17-,21-,22+,23+/m0/s1. The summed E-state index contributed by atoms with van der Waals surface area (Å²) < 4.78 is 5.55. The molecule has 186 valence electrons. The SMILES string of the molecule is Cc1cc(-c2ccc(C(=O)N[C@H](C(=O)N3C[C@H](Cl)[C@H]4OCC(=O)[C@H]43)C3CCCCC3)s2)c(C)nn1. The quantitative estimate of drug-likeness (QED) is 0.612. The van der Waals surface area contributed by atoms with Crippen LogP contribution in [-0.4, -0.2) is 69.4 Å². The molecule has 35 heavy (non-hydrogen) atoms. The second kappa shape index (κ2) is 9.95. The molecule has 0 unspecified atom stereocenters. The first kappa shape index (κ1) is 24.3. The third-order valence-electron chi connectivity index (χ3n) is 7.28. The number of nitrogens with one attached hydrogen (secondary N) is 1. The normalized spacial score (nSPS) is 25.5. The van der Waals surface area contributed by atoms with E-state index in [1.54, 1.807) is 11.0 Å². The van der Waals surface area contributed by atoms with E-state index in [2.05, 4.69) is 15.5 Å². The average Bonchev–Trinajstić information content (AvgIpc) is 3.57. The van der Waals surface area contributed by atoms with Gasteiger partial charge in [0.15, 0.2) is 5.78 Å². The van der Waals surface area contributed by atoms with Crippen LogP contribution < -0.4 is 5.32 Å². The molecule has 2 aliphatic heterocycles. The van der Waals surface area contributed by atoms with E-state index in [1.165, 1.54) is 11.3 Å². The van der Waals surface area contributed by atoms with Crippen LogP contribution in [0, 0.1) is 19.8 Å². The van der Waals surface area contributed by atoms with Gasteiger partial charge >= 0.3 is 0 Å². The van der Waals surface area contributed by atoms with Gasteiger partial charge in [0.05, 0.1) is 21.6 Å². The Kier molecular flexibility index (Phi) is 6.92. The fourth-order valence-electron chi connectivity index (χ4n) is 5.47. The van der Waals surface area contributed by atoms with Crippen molar-refractivity contribution >= 4 is 40.5 Å². The maximum absolute atomic E-state index is 13.8. The van der Waals surface area contributed by atoms with Crippen LogP contribution in [0.4, 0.5) is 0 Å². The van der Waals surface area contributed by atoms with Gasteiger partial charge in [-0.1, -0.05) is 19.3 Å². The van der Waals surface area contributed by atoms with Crippen molar-refractivity contribution in [3.63, 3.8) is 0 Å². The van der Waals surface area contributed by atoms with Crippen molar-refractivity contribution in [2.75, 3.05) is 13.2 Å². The van der Waals surface area contributed by atoms with Crippen LogP contribution in [0.1, 0.15) is 53.2 Å². The summed E-state index contributed by atoms with van der Waals surface area (Å²) in [5.41, 5.74) is 2.54. The Bertz CT molecular complexity index is 1150. The highest BCUT2D eigenvalue weighted by Crippen LogP contribution is 2.35. The summed E-state index contributed by atoms with van der Waals surface area (Å²) in [4.78, 5) is 42.6. The van der Waals surface area contributed by atoms with Gasteiger partial charge in [0.25, 0.3) is 5.91 Å². The molecule has 5 rings (SSSR count). The maximum Gasteiger partial charge on any atom is 0.262 e. The fourth-order valence-corrected chi connectivity index (χ4v) is 6.80. The molecule has 2 saturated heterocycles. The molecule has 1 saturated carbocycles. The van der Waals surface area contributed by atoms with Crippen molar-refractivity contribution in [3.8, 4) is 10.4 Å². The zero-order valence-corrected chi connectivity index (χ0v) is 21.4. The van der Waals surface area contributed by atoms with E-state index in [4.69, 9.17) is 16.3 Å². The number of ether oxygens (including phenoxy) is 1. The lowest BCUT2D eigenvalue weighted by Crippen LogP contribution is -2.55. The monoisotopic (exact) mass is 516 g/mol. The number of aryl methyl sites for hydroxylation is 2. The lowest BCUT2D eigenvalue weighted by molar-refractivity contribution is -0.139. The average molecular weight is 517 g/mol. The highest BCUT2D eigenvalue weighted by Gasteiger charge is 2.53. The fraction of sp³-hybridized carbons (Fsp3) is 0.560. The number of fused-ring (bicyclic) bond motifs is 1. The lowest BCUT2D eigenvalue weighted by atomic mass is 9.83. The van der Waals surface area contributed by atoms with Crippen LogP contribution in [0.5, 0.6) is 0 Å². The molecule has 8 nitrogen and oxygen atoms in total. The number of alkyl halides is 1. The minimum absolute atomic E-state index is 0.0243.